The van der Waals surface area contributed by atoms with Gasteiger partial charge in [-0.3, -0.25) is 9.59 Å². The maximum absolute atomic E-state index is 12.6. The number of amides is 1. The fourth-order valence-electron chi connectivity index (χ4n) is 3.66. The zero-order chi connectivity index (χ0) is 15.9. The standard InChI is InChI=1S/C17H20BrNO3/c1-3-22-17(21)13-8-11(7-10(13)2)19-9-14-12(16(19)20)5-4-6-15(14)18/h4-6,10-11,13H,3,7-9H2,1-2H3. The van der Waals surface area contributed by atoms with Gasteiger partial charge in [0, 0.05) is 22.6 Å². The molecule has 1 aliphatic carbocycles. The predicted octanol–water partition coefficient (Wildman–Crippen LogP) is 3.38. The molecule has 0 spiro atoms. The van der Waals surface area contributed by atoms with E-state index < -0.39 is 0 Å². The average Bonchev–Trinajstić information content (AvgIpc) is 3.02. The van der Waals surface area contributed by atoms with Crippen molar-refractivity contribution in [3.63, 3.8) is 0 Å². The van der Waals surface area contributed by atoms with Crippen molar-refractivity contribution in [3.05, 3.63) is 33.8 Å². The van der Waals surface area contributed by atoms with Crippen LogP contribution in [0.3, 0.4) is 0 Å². The normalized spacial score (nSPS) is 27.1. The third kappa shape index (κ3) is 2.56. The molecule has 0 N–H and O–H groups in total. The van der Waals surface area contributed by atoms with Gasteiger partial charge in [0.15, 0.2) is 0 Å². The minimum Gasteiger partial charge on any atom is -0.466 e. The van der Waals surface area contributed by atoms with Crippen LogP contribution in [0.15, 0.2) is 22.7 Å². The van der Waals surface area contributed by atoms with E-state index in [9.17, 15) is 9.59 Å². The molecule has 3 atom stereocenters. The van der Waals surface area contributed by atoms with E-state index in [2.05, 4.69) is 22.9 Å². The molecule has 4 nitrogen and oxygen atoms in total. The van der Waals surface area contributed by atoms with Crippen molar-refractivity contribution in [1.29, 1.82) is 0 Å². The van der Waals surface area contributed by atoms with Gasteiger partial charge in [-0.15, -0.1) is 0 Å². The molecule has 1 saturated carbocycles. The van der Waals surface area contributed by atoms with Gasteiger partial charge in [0.1, 0.15) is 0 Å². The summed E-state index contributed by atoms with van der Waals surface area (Å²) < 4.78 is 6.15. The second-order valence-corrected chi connectivity index (χ2v) is 7.01. The molecule has 5 heteroatoms. The van der Waals surface area contributed by atoms with Crippen molar-refractivity contribution in [2.75, 3.05) is 6.61 Å². The molecule has 0 aromatic heterocycles. The summed E-state index contributed by atoms with van der Waals surface area (Å²) in [6, 6.07) is 5.86. The van der Waals surface area contributed by atoms with Gasteiger partial charge in [-0.25, -0.2) is 0 Å². The number of carbonyl (C=O) groups is 2. The van der Waals surface area contributed by atoms with E-state index in [1.165, 1.54) is 0 Å². The number of benzene rings is 1. The summed E-state index contributed by atoms with van der Waals surface area (Å²) in [6.07, 6.45) is 1.57. The number of rotatable bonds is 3. The summed E-state index contributed by atoms with van der Waals surface area (Å²) in [4.78, 5) is 26.6. The van der Waals surface area contributed by atoms with E-state index in [1.54, 1.807) is 0 Å². The third-order valence-corrected chi connectivity index (χ3v) is 5.57. The lowest BCUT2D eigenvalue weighted by atomic mass is 9.99. The first kappa shape index (κ1) is 15.5. The molecule has 0 radical (unpaired) electrons. The highest BCUT2D eigenvalue weighted by molar-refractivity contribution is 9.10. The lowest BCUT2D eigenvalue weighted by Crippen LogP contribution is -2.34. The Kier molecular flexibility index (Phi) is 4.26. The number of fused-ring (bicyclic) bond motifs is 1. The molecule has 118 valence electrons. The number of esters is 1. The SMILES string of the molecule is CCOC(=O)C1CC(N2Cc3c(Br)cccc3C2=O)CC1C. The van der Waals surface area contributed by atoms with E-state index in [4.69, 9.17) is 4.74 Å². The molecule has 1 heterocycles. The van der Waals surface area contributed by atoms with Gasteiger partial charge in [0.05, 0.1) is 12.5 Å². The zero-order valence-corrected chi connectivity index (χ0v) is 14.4. The van der Waals surface area contributed by atoms with E-state index in [0.29, 0.717) is 19.6 Å². The Morgan fingerprint density at radius 1 is 1.41 bits per heavy atom. The molecule has 0 bridgehead atoms. The third-order valence-electron chi connectivity index (χ3n) is 4.83. The molecule has 2 aliphatic rings. The molecular formula is C17H20BrNO3. The van der Waals surface area contributed by atoms with E-state index >= 15 is 0 Å². The fourth-order valence-corrected chi connectivity index (χ4v) is 4.15. The quantitative estimate of drug-likeness (QED) is 0.771. The second-order valence-electron chi connectivity index (χ2n) is 6.16. The topological polar surface area (TPSA) is 46.6 Å². The van der Waals surface area contributed by atoms with Crippen LogP contribution in [0.1, 0.15) is 42.6 Å². The monoisotopic (exact) mass is 365 g/mol. The summed E-state index contributed by atoms with van der Waals surface area (Å²) in [5.74, 6) is 0.120. The fraction of sp³-hybridized carbons (Fsp3) is 0.529. The highest BCUT2D eigenvalue weighted by atomic mass is 79.9. The zero-order valence-electron chi connectivity index (χ0n) is 12.8. The van der Waals surface area contributed by atoms with Gasteiger partial charge in [-0.1, -0.05) is 28.9 Å². The average molecular weight is 366 g/mol. The Balaban J connectivity index is 1.76. The van der Waals surface area contributed by atoms with Gasteiger partial charge in [0.25, 0.3) is 5.91 Å². The van der Waals surface area contributed by atoms with Gasteiger partial charge >= 0.3 is 5.97 Å². The Hall–Kier alpha value is -1.36. The summed E-state index contributed by atoms with van der Waals surface area (Å²) in [7, 11) is 0. The Morgan fingerprint density at radius 3 is 2.86 bits per heavy atom. The van der Waals surface area contributed by atoms with Crippen molar-refractivity contribution in [2.24, 2.45) is 11.8 Å². The first-order chi connectivity index (χ1) is 10.5. The van der Waals surface area contributed by atoms with Gasteiger partial charge in [0.2, 0.25) is 0 Å². The van der Waals surface area contributed by atoms with Crippen LogP contribution in [-0.2, 0) is 16.1 Å². The number of hydrogen-bond donors (Lipinski definition) is 0. The van der Waals surface area contributed by atoms with Crippen LogP contribution in [0.2, 0.25) is 0 Å². The maximum atomic E-state index is 12.6. The predicted molar refractivity (Wildman–Crippen MR) is 86.3 cm³/mol. The van der Waals surface area contributed by atoms with Crippen molar-refractivity contribution >= 4 is 27.8 Å². The molecule has 3 unspecified atom stereocenters. The number of ether oxygens (including phenoxy) is 1. The van der Waals surface area contributed by atoms with Crippen LogP contribution in [0.5, 0.6) is 0 Å². The Labute approximate surface area is 138 Å². The van der Waals surface area contributed by atoms with Crippen LogP contribution >= 0.6 is 15.9 Å². The summed E-state index contributed by atoms with van der Waals surface area (Å²) >= 11 is 3.53. The van der Waals surface area contributed by atoms with Gasteiger partial charge < -0.3 is 9.64 Å². The van der Waals surface area contributed by atoms with E-state index in [-0.39, 0.29) is 29.8 Å². The minimum absolute atomic E-state index is 0.0815. The lowest BCUT2D eigenvalue weighted by molar-refractivity contribution is -0.149. The molecule has 1 fully saturated rings. The largest absolute Gasteiger partial charge is 0.466 e. The van der Waals surface area contributed by atoms with E-state index in [0.717, 1.165) is 22.0 Å². The molecule has 1 aliphatic heterocycles. The number of halogens is 1. The number of carbonyl (C=O) groups excluding carboxylic acids is 2. The second kappa shape index (κ2) is 6.03. The molecule has 1 amide bonds. The van der Waals surface area contributed by atoms with Crippen molar-refractivity contribution in [3.8, 4) is 0 Å². The number of hydrogen-bond acceptors (Lipinski definition) is 3. The van der Waals surface area contributed by atoms with Crippen LogP contribution in [0.4, 0.5) is 0 Å². The van der Waals surface area contributed by atoms with Crippen LogP contribution < -0.4 is 0 Å². The van der Waals surface area contributed by atoms with Gasteiger partial charge in [-0.05, 0) is 43.4 Å². The molecular weight excluding hydrogens is 346 g/mol. The Bertz CT molecular complexity index is 616. The molecule has 1 aromatic carbocycles. The van der Waals surface area contributed by atoms with Crippen LogP contribution in [0.25, 0.3) is 0 Å². The number of nitrogens with zero attached hydrogens (tertiary/aromatic N) is 1. The molecule has 3 rings (SSSR count). The first-order valence-electron chi connectivity index (χ1n) is 7.78. The Morgan fingerprint density at radius 2 is 2.18 bits per heavy atom. The first-order valence-corrected chi connectivity index (χ1v) is 8.57. The van der Waals surface area contributed by atoms with Crippen molar-refractivity contribution in [2.45, 2.75) is 39.3 Å². The summed E-state index contributed by atoms with van der Waals surface area (Å²) in [6.45, 7) is 4.94. The maximum Gasteiger partial charge on any atom is 0.309 e. The molecule has 0 saturated heterocycles. The molecule has 1 aromatic rings. The summed E-state index contributed by atoms with van der Waals surface area (Å²) in [5.41, 5.74) is 1.83. The van der Waals surface area contributed by atoms with Gasteiger partial charge in [-0.2, -0.15) is 0 Å². The van der Waals surface area contributed by atoms with Crippen molar-refractivity contribution in [1.82, 2.24) is 4.90 Å². The molecule has 22 heavy (non-hydrogen) atoms. The van der Waals surface area contributed by atoms with Crippen LogP contribution in [0, 0.1) is 11.8 Å². The summed E-state index contributed by atoms with van der Waals surface area (Å²) in [5, 5.41) is 0. The highest BCUT2D eigenvalue weighted by Gasteiger charge is 2.43. The highest BCUT2D eigenvalue weighted by Crippen LogP contribution is 2.39. The minimum atomic E-state index is -0.122. The lowest BCUT2D eigenvalue weighted by Gasteiger charge is -2.24. The van der Waals surface area contributed by atoms with Crippen LogP contribution in [-0.4, -0.2) is 29.4 Å². The smallest absolute Gasteiger partial charge is 0.309 e. The van der Waals surface area contributed by atoms with E-state index in [1.807, 2.05) is 30.0 Å². The van der Waals surface area contributed by atoms with Crippen molar-refractivity contribution < 1.29 is 14.3 Å².